The fourth-order valence-corrected chi connectivity index (χ4v) is 3.18. The summed E-state index contributed by atoms with van der Waals surface area (Å²) in [6, 6.07) is 13.6. The van der Waals surface area contributed by atoms with E-state index in [2.05, 4.69) is 20.2 Å². The summed E-state index contributed by atoms with van der Waals surface area (Å²) in [5, 5.41) is 5.78. The van der Waals surface area contributed by atoms with Crippen LogP contribution in [0.15, 0.2) is 42.5 Å². The first-order valence-corrected chi connectivity index (χ1v) is 9.27. The van der Waals surface area contributed by atoms with Crippen LogP contribution in [0.3, 0.4) is 0 Å². The number of fused-ring (bicyclic) bond motifs is 1. The number of aryl methyl sites for hydroxylation is 1. The molecule has 3 aromatic rings. The lowest BCUT2D eigenvalue weighted by molar-refractivity contribution is 0.240. The van der Waals surface area contributed by atoms with Gasteiger partial charge in [0.1, 0.15) is 5.82 Å². The van der Waals surface area contributed by atoms with Crippen molar-refractivity contribution in [3.63, 3.8) is 0 Å². The van der Waals surface area contributed by atoms with Gasteiger partial charge >= 0.3 is 6.03 Å². The third kappa shape index (κ3) is 4.54. The molecule has 148 valence electrons. The Hall–Kier alpha value is -3.22. The highest BCUT2D eigenvalue weighted by Crippen LogP contribution is 2.27. The summed E-state index contributed by atoms with van der Waals surface area (Å²) in [7, 11) is 3.22. The third-order valence-electron chi connectivity index (χ3n) is 4.61. The molecule has 3 rings (SSSR count). The molecule has 0 radical (unpaired) electrons. The number of carbonyl (C=O) groups excluding carboxylic acids is 1. The molecule has 0 aliphatic heterocycles. The van der Waals surface area contributed by atoms with Crippen molar-refractivity contribution in [1.29, 1.82) is 0 Å². The maximum Gasteiger partial charge on any atom is 0.314 e. The SMILES string of the molecule is COc1ccc(CCNC(=O)NCCn2c(C)nc3ccccc32)cc1OC. The number of nitrogens with one attached hydrogen (secondary N) is 2. The second kappa shape index (κ2) is 9.12. The van der Waals surface area contributed by atoms with E-state index in [4.69, 9.17) is 9.47 Å². The van der Waals surface area contributed by atoms with Crippen LogP contribution in [0.5, 0.6) is 11.5 Å². The molecule has 2 N–H and O–H groups in total. The molecule has 2 amide bonds. The van der Waals surface area contributed by atoms with Crippen LogP contribution in [0, 0.1) is 6.92 Å². The van der Waals surface area contributed by atoms with Gasteiger partial charge in [-0.05, 0) is 43.2 Å². The Morgan fingerprint density at radius 1 is 1.04 bits per heavy atom. The minimum absolute atomic E-state index is 0.178. The van der Waals surface area contributed by atoms with Crippen molar-refractivity contribution >= 4 is 17.1 Å². The standard InChI is InChI=1S/C21H26N4O3/c1-15-24-17-6-4-5-7-18(17)25(15)13-12-23-21(26)22-11-10-16-8-9-19(27-2)20(14-16)28-3/h4-9,14H,10-13H2,1-3H3,(H2,22,23,26). The highest BCUT2D eigenvalue weighted by molar-refractivity contribution is 5.76. The average molecular weight is 382 g/mol. The van der Waals surface area contributed by atoms with Gasteiger partial charge in [0.2, 0.25) is 0 Å². The quantitative estimate of drug-likeness (QED) is 0.628. The molecule has 0 unspecified atom stereocenters. The summed E-state index contributed by atoms with van der Waals surface area (Å²) in [5.74, 6) is 2.32. The highest BCUT2D eigenvalue weighted by atomic mass is 16.5. The van der Waals surface area contributed by atoms with Crippen LogP contribution in [0.2, 0.25) is 0 Å². The molecular weight excluding hydrogens is 356 g/mol. The summed E-state index contributed by atoms with van der Waals surface area (Å²) >= 11 is 0. The van der Waals surface area contributed by atoms with Crippen LogP contribution in [-0.4, -0.2) is 42.9 Å². The molecule has 2 aromatic carbocycles. The first kappa shape index (κ1) is 19.5. The first-order chi connectivity index (χ1) is 13.6. The van der Waals surface area contributed by atoms with Gasteiger partial charge in [0.05, 0.1) is 25.3 Å². The van der Waals surface area contributed by atoms with Crippen LogP contribution in [0.1, 0.15) is 11.4 Å². The number of hydrogen-bond acceptors (Lipinski definition) is 4. The lowest BCUT2D eigenvalue weighted by atomic mass is 10.1. The van der Waals surface area contributed by atoms with E-state index in [1.54, 1.807) is 14.2 Å². The summed E-state index contributed by atoms with van der Waals surface area (Å²) in [5.41, 5.74) is 3.12. The fourth-order valence-electron chi connectivity index (χ4n) is 3.18. The predicted octanol–water partition coefficient (Wildman–Crippen LogP) is 2.90. The second-order valence-corrected chi connectivity index (χ2v) is 6.42. The molecule has 7 heteroatoms. The van der Waals surface area contributed by atoms with Gasteiger partial charge in [0, 0.05) is 19.6 Å². The molecule has 1 aromatic heterocycles. The molecule has 0 aliphatic carbocycles. The van der Waals surface area contributed by atoms with Crippen LogP contribution in [0.25, 0.3) is 11.0 Å². The molecule has 0 aliphatic rings. The summed E-state index contributed by atoms with van der Waals surface area (Å²) in [4.78, 5) is 16.6. The zero-order valence-corrected chi connectivity index (χ0v) is 16.5. The zero-order chi connectivity index (χ0) is 19.9. The Morgan fingerprint density at radius 2 is 1.79 bits per heavy atom. The van der Waals surface area contributed by atoms with Gasteiger partial charge in [-0.3, -0.25) is 0 Å². The van der Waals surface area contributed by atoms with Crippen LogP contribution in [-0.2, 0) is 13.0 Å². The molecular formula is C21H26N4O3. The summed E-state index contributed by atoms with van der Waals surface area (Å²) in [6.45, 7) is 3.72. The Labute approximate surface area is 164 Å². The third-order valence-corrected chi connectivity index (χ3v) is 4.61. The van der Waals surface area contributed by atoms with E-state index in [9.17, 15) is 4.79 Å². The Bertz CT molecular complexity index is 952. The van der Waals surface area contributed by atoms with E-state index in [1.807, 2.05) is 49.4 Å². The van der Waals surface area contributed by atoms with E-state index < -0.39 is 0 Å². The van der Waals surface area contributed by atoms with Crippen molar-refractivity contribution in [3.8, 4) is 11.5 Å². The van der Waals surface area contributed by atoms with Crippen LogP contribution < -0.4 is 20.1 Å². The van der Waals surface area contributed by atoms with Crippen molar-refractivity contribution in [2.45, 2.75) is 19.9 Å². The topological polar surface area (TPSA) is 77.4 Å². The maximum atomic E-state index is 12.0. The minimum atomic E-state index is -0.178. The number of benzene rings is 2. The van der Waals surface area contributed by atoms with E-state index >= 15 is 0 Å². The predicted molar refractivity (Wildman–Crippen MR) is 109 cm³/mol. The number of hydrogen-bond donors (Lipinski definition) is 2. The molecule has 7 nitrogen and oxygen atoms in total. The molecule has 0 bridgehead atoms. The van der Waals surface area contributed by atoms with Crippen molar-refractivity contribution in [1.82, 2.24) is 20.2 Å². The van der Waals surface area contributed by atoms with Crippen molar-refractivity contribution in [3.05, 3.63) is 53.9 Å². The first-order valence-electron chi connectivity index (χ1n) is 9.27. The van der Waals surface area contributed by atoms with Crippen molar-refractivity contribution in [2.24, 2.45) is 0 Å². The molecule has 0 atom stereocenters. The number of urea groups is 1. The van der Waals surface area contributed by atoms with E-state index in [-0.39, 0.29) is 6.03 Å². The van der Waals surface area contributed by atoms with E-state index in [1.165, 1.54) is 0 Å². The Balaban J connectivity index is 1.44. The van der Waals surface area contributed by atoms with Gasteiger partial charge in [-0.2, -0.15) is 0 Å². The largest absolute Gasteiger partial charge is 0.493 e. The van der Waals surface area contributed by atoms with E-state index in [0.29, 0.717) is 37.6 Å². The minimum Gasteiger partial charge on any atom is -0.493 e. The number of rotatable bonds is 8. The smallest absolute Gasteiger partial charge is 0.314 e. The van der Waals surface area contributed by atoms with Gasteiger partial charge < -0.3 is 24.7 Å². The number of nitrogens with zero attached hydrogens (tertiary/aromatic N) is 2. The number of carbonyl (C=O) groups is 1. The number of imidazole rings is 1. The van der Waals surface area contributed by atoms with Gasteiger partial charge in [-0.1, -0.05) is 18.2 Å². The number of para-hydroxylation sites is 2. The van der Waals surface area contributed by atoms with Gasteiger partial charge in [-0.25, -0.2) is 9.78 Å². The molecule has 0 saturated carbocycles. The van der Waals surface area contributed by atoms with Crippen molar-refractivity contribution in [2.75, 3.05) is 27.3 Å². The lowest BCUT2D eigenvalue weighted by Crippen LogP contribution is -2.38. The van der Waals surface area contributed by atoms with Gasteiger partial charge in [-0.15, -0.1) is 0 Å². The van der Waals surface area contributed by atoms with Crippen molar-refractivity contribution < 1.29 is 14.3 Å². The fraction of sp³-hybridized carbons (Fsp3) is 0.333. The van der Waals surface area contributed by atoms with E-state index in [0.717, 1.165) is 22.4 Å². The number of amides is 2. The second-order valence-electron chi connectivity index (χ2n) is 6.42. The Morgan fingerprint density at radius 3 is 2.57 bits per heavy atom. The van der Waals surface area contributed by atoms with Gasteiger partial charge in [0.25, 0.3) is 0 Å². The van der Waals surface area contributed by atoms with Crippen LogP contribution in [0.4, 0.5) is 4.79 Å². The van der Waals surface area contributed by atoms with Crippen LogP contribution >= 0.6 is 0 Å². The molecule has 28 heavy (non-hydrogen) atoms. The Kier molecular flexibility index (Phi) is 6.37. The van der Waals surface area contributed by atoms with Gasteiger partial charge in [0.15, 0.2) is 11.5 Å². The zero-order valence-electron chi connectivity index (χ0n) is 16.5. The molecule has 1 heterocycles. The molecule has 0 fully saturated rings. The molecule has 0 saturated heterocycles. The average Bonchev–Trinajstić information content (AvgIpc) is 3.03. The molecule has 0 spiro atoms. The maximum absolute atomic E-state index is 12.0. The summed E-state index contributed by atoms with van der Waals surface area (Å²) < 4.78 is 12.6. The normalized spacial score (nSPS) is 10.7. The highest BCUT2D eigenvalue weighted by Gasteiger charge is 2.08. The monoisotopic (exact) mass is 382 g/mol. The number of ether oxygens (including phenoxy) is 2. The number of methoxy groups -OCH3 is 2. The summed E-state index contributed by atoms with van der Waals surface area (Å²) in [6.07, 6.45) is 0.707. The number of aromatic nitrogens is 2. The lowest BCUT2D eigenvalue weighted by Gasteiger charge is -2.11.